The molecule has 0 radical (unpaired) electrons. The van der Waals surface area contributed by atoms with Crippen molar-refractivity contribution in [3.63, 3.8) is 0 Å². The number of halogens is 1. The van der Waals surface area contributed by atoms with E-state index in [1.807, 2.05) is 7.05 Å². The molecule has 1 aliphatic heterocycles. The van der Waals surface area contributed by atoms with Gasteiger partial charge in [0.1, 0.15) is 0 Å². The molecule has 5 heteroatoms. The summed E-state index contributed by atoms with van der Waals surface area (Å²) in [6, 6.07) is 0.594. The Balaban J connectivity index is 0.00000200. The minimum absolute atomic E-state index is 0. The van der Waals surface area contributed by atoms with Gasteiger partial charge in [-0.05, 0) is 37.0 Å². The number of aliphatic imine (C=N–C) groups is 1. The predicted octanol–water partition coefficient (Wildman–Crippen LogP) is 2.73. The summed E-state index contributed by atoms with van der Waals surface area (Å²) in [6.45, 7) is 7.58. The average Bonchev–Trinajstić information content (AvgIpc) is 3.01. The number of nitrogens with one attached hydrogen (secondary N) is 1. The Labute approximate surface area is 140 Å². The van der Waals surface area contributed by atoms with Crippen LogP contribution in [-0.4, -0.2) is 50.8 Å². The molecule has 1 aliphatic carbocycles. The number of nitrogens with zero attached hydrogens (tertiary/aromatic N) is 2. The van der Waals surface area contributed by atoms with E-state index in [-0.39, 0.29) is 24.0 Å². The minimum Gasteiger partial charge on any atom is -0.381 e. The lowest BCUT2D eigenvalue weighted by atomic mass is 9.96. The van der Waals surface area contributed by atoms with Gasteiger partial charge in [0, 0.05) is 39.9 Å². The minimum atomic E-state index is 0. The molecule has 2 aliphatic rings. The highest BCUT2D eigenvalue weighted by molar-refractivity contribution is 14.0. The van der Waals surface area contributed by atoms with E-state index in [1.54, 1.807) is 0 Å². The maximum atomic E-state index is 5.41. The van der Waals surface area contributed by atoms with Crippen LogP contribution in [0.2, 0.25) is 0 Å². The molecule has 0 aromatic heterocycles. The first-order valence-electron chi connectivity index (χ1n) is 7.55. The SMILES string of the molecule is CN=C(NC1CC1(C)C)N(C)CCC1CCOCC1.I. The highest BCUT2D eigenvalue weighted by atomic mass is 127. The molecular formula is C15H30IN3O. The van der Waals surface area contributed by atoms with Crippen LogP contribution in [0, 0.1) is 11.3 Å². The summed E-state index contributed by atoms with van der Waals surface area (Å²) in [7, 11) is 4.02. The van der Waals surface area contributed by atoms with Crippen molar-refractivity contribution in [2.24, 2.45) is 16.3 Å². The summed E-state index contributed by atoms with van der Waals surface area (Å²) in [5.41, 5.74) is 0.442. The molecule has 118 valence electrons. The van der Waals surface area contributed by atoms with Crippen molar-refractivity contribution in [3.05, 3.63) is 0 Å². The topological polar surface area (TPSA) is 36.9 Å². The zero-order valence-electron chi connectivity index (χ0n) is 13.3. The summed E-state index contributed by atoms with van der Waals surface area (Å²) in [5, 5.41) is 3.57. The van der Waals surface area contributed by atoms with E-state index in [0.29, 0.717) is 11.5 Å². The van der Waals surface area contributed by atoms with Gasteiger partial charge in [-0.15, -0.1) is 24.0 Å². The van der Waals surface area contributed by atoms with Crippen molar-refractivity contribution in [1.82, 2.24) is 10.2 Å². The zero-order chi connectivity index (χ0) is 13.9. The van der Waals surface area contributed by atoms with Crippen LogP contribution in [0.15, 0.2) is 4.99 Å². The second-order valence-electron chi connectivity index (χ2n) is 6.70. The molecule has 1 unspecified atom stereocenters. The van der Waals surface area contributed by atoms with Gasteiger partial charge in [0.2, 0.25) is 0 Å². The molecule has 1 saturated heterocycles. The highest BCUT2D eigenvalue weighted by Crippen LogP contribution is 2.44. The van der Waals surface area contributed by atoms with Crippen molar-refractivity contribution in [3.8, 4) is 0 Å². The molecule has 1 heterocycles. The van der Waals surface area contributed by atoms with Gasteiger partial charge in [0.15, 0.2) is 5.96 Å². The Morgan fingerprint density at radius 3 is 2.45 bits per heavy atom. The van der Waals surface area contributed by atoms with Crippen LogP contribution in [0.5, 0.6) is 0 Å². The lowest BCUT2D eigenvalue weighted by molar-refractivity contribution is 0.0625. The van der Waals surface area contributed by atoms with Gasteiger partial charge >= 0.3 is 0 Å². The molecule has 2 fully saturated rings. The molecule has 0 aromatic carbocycles. The lowest BCUT2D eigenvalue weighted by Gasteiger charge is -2.27. The molecule has 4 nitrogen and oxygen atoms in total. The van der Waals surface area contributed by atoms with Gasteiger partial charge < -0.3 is 15.0 Å². The van der Waals surface area contributed by atoms with Gasteiger partial charge in [0.25, 0.3) is 0 Å². The third-order valence-corrected chi connectivity index (χ3v) is 4.60. The Morgan fingerprint density at radius 2 is 1.95 bits per heavy atom. The van der Waals surface area contributed by atoms with Gasteiger partial charge in [-0.3, -0.25) is 4.99 Å². The van der Waals surface area contributed by atoms with E-state index in [1.165, 1.54) is 25.7 Å². The molecular weight excluding hydrogens is 365 g/mol. The van der Waals surface area contributed by atoms with E-state index in [4.69, 9.17) is 4.74 Å². The number of ether oxygens (including phenoxy) is 1. The molecule has 2 rings (SSSR count). The van der Waals surface area contributed by atoms with Gasteiger partial charge in [-0.2, -0.15) is 0 Å². The molecule has 1 N–H and O–H groups in total. The first kappa shape index (κ1) is 18.0. The number of rotatable bonds is 4. The highest BCUT2D eigenvalue weighted by Gasteiger charge is 2.46. The second kappa shape index (κ2) is 7.82. The van der Waals surface area contributed by atoms with Gasteiger partial charge in [0.05, 0.1) is 0 Å². The number of guanidine groups is 1. The van der Waals surface area contributed by atoms with Crippen LogP contribution in [0.25, 0.3) is 0 Å². The van der Waals surface area contributed by atoms with E-state index in [9.17, 15) is 0 Å². The fourth-order valence-electron chi connectivity index (χ4n) is 2.73. The standard InChI is InChI=1S/C15H29N3O.HI/c1-15(2)11-13(15)17-14(16-3)18(4)8-5-12-6-9-19-10-7-12;/h12-13H,5-11H2,1-4H3,(H,16,17);1H. The van der Waals surface area contributed by atoms with Crippen LogP contribution in [0.4, 0.5) is 0 Å². The molecule has 0 bridgehead atoms. The van der Waals surface area contributed by atoms with Crippen LogP contribution < -0.4 is 5.32 Å². The summed E-state index contributed by atoms with van der Waals surface area (Å²) in [6.07, 6.45) is 4.93. The zero-order valence-corrected chi connectivity index (χ0v) is 15.6. The molecule has 1 atom stereocenters. The maximum Gasteiger partial charge on any atom is 0.193 e. The maximum absolute atomic E-state index is 5.41. The first-order valence-corrected chi connectivity index (χ1v) is 7.55. The van der Waals surface area contributed by atoms with E-state index in [2.05, 4.69) is 36.1 Å². The lowest BCUT2D eigenvalue weighted by Crippen LogP contribution is -2.42. The van der Waals surface area contributed by atoms with Gasteiger partial charge in [-0.25, -0.2) is 0 Å². The van der Waals surface area contributed by atoms with Crippen LogP contribution in [0.1, 0.15) is 39.5 Å². The summed E-state index contributed by atoms with van der Waals surface area (Å²) in [5.74, 6) is 1.87. The van der Waals surface area contributed by atoms with Crippen molar-refractivity contribution < 1.29 is 4.74 Å². The molecule has 20 heavy (non-hydrogen) atoms. The summed E-state index contributed by atoms with van der Waals surface area (Å²) >= 11 is 0. The fraction of sp³-hybridized carbons (Fsp3) is 0.933. The second-order valence-corrected chi connectivity index (χ2v) is 6.70. The number of hydrogen-bond donors (Lipinski definition) is 1. The Morgan fingerprint density at radius 1 is 1.35 bits per heavy atom. The van der Waals surface area contributed by atoms with E-state index >= 15 is 0 Å². The smallest absolute Gasteiger partial charge is 0.193 e. The molecule has 0 spiro atoms. The van der Waals surface area contributed by atoms with E-state index < -0.39 is 0 Å². The van der Waals surface area contributed by atoms with Crippen molar-refractivity contribution in [1.29, 1.82) is 0 Å². The summed E-state index contributed by atoms with van der Waals surface area (Å²) < 4.78 is 5.41. The Kier molecular flexibility index (Phi) is 7.04. The van der Waals surface area contributed by atoms with E-state index in [0.717, 1.165) is 31.6 Å². The monoisotopic (exact) mass is 395 g/mol. The van der Waals surface area contributed by atoms with Gasteiger partial charge in [-0.1, -0.05) is 13.8 Å². The average molecular weight is 395 g/mol. The number of hydrogen-bond acceptors (Lipinski definition) is 2. The Hall–Kier alpha value is -0.0400. The van der Waals surface area contributed by atoms with Crippen molar-refractivity contribution >= 4 is 29.9 Å². The van der Waals surface area contributed by atoms with Crippen LogP contribution in [-0.2, 0) is 4.74 Å². The van der Waals surface area contributed by atoms with Crippen molar-refractivity contribution in [2.45, 2.75) is 45.6 Å². The van der Waals surface area contributed by atoms with Crippen LogP contribution in [0.3, 0.4) is 0 Å². The molecule has 0 amide bonds. The summed E-state index contributed by atoms with van der Waals surface area (Å²) in [4.78, 5) is 6.67. The van der Waals surface area contributed by atoms with Crippen LogP contribution >= 0.6 is 24.0 Å². The third-order valence-electron chi connectivity index (χ3n) is 4.60. The molecule has 0 aromatic rings. The quantitative estimate of drug-likeness (QED) is 0.452. The normalized spacial score (nSPS) is 25.8. The van der Waals surface area contributed by atoms with Crippen molar-refractivity contribution in [2.75, 3.05) is 33.9 Å². The predicted molar refractivity (Wildman–Crippen MR) is 94.9 cm³/mol. The fourth-order valence-corrected chi connectivity index (χ4v) is 2.73. The Bertz CT molecular complexity index is 327. The third kappa shape index (κ3) is 5.06. The first-order chi connectivity index (χ1) is 9.03. The largest absolute Gasteiger partial charge is 0.381 e. The molecule has 1 saturated carbocycles.